The van der Waals surface area contributed by atoms with Crippen LogP contribution in [0.2, 0.25) is 0 Å². The molecule has 1 aliphatic rings. The Hall–Kier alpha value is -2.97. The minimum absolute atomic E-state index is 0.0167. The Balaban J connectivity index is 1.65. The van der Waals surface area contributed by atoms with Crippen molar-refractivity contribution < 1.29 is 14.2 Å². The van der Waals surface area contributed by atoms with Crippen LogP contribution in [0.5, 0.6) is 11.6 Å². The Bertz CT molecular complexity index is 966. The van der Waals surface area contributed by atoms with Crippen LogP contribution in [0.15, 0.2) is 42.6 Å². The highest BCUT2D eigenvalue weighted by molar-refractivity contribution is 5.59. The van der Waals surface area contributed by atoms with Crippen molar-refractivity contribution in [2.45, 2.75) is 32.4 Å². The molecule has 0 bridgehead atoms. The molecule has 0 aliphatic carbocycles. The number of aromatic nitrogens is 4. The third kappa shape index (κ3) is 5.03. The van der Waals surface area contributed by atoms with Crippen LogP contribution in [0.3, 0.4) is 0 Å². The van der Waals surface area contributed by atoms with Gasteiger partial charge in [-0.1, -0.05) is 0 Å². The normalized spacial score (nSPS) is 15.2. The van der Waals surface area contributed by atoms with Crippen molar-refractivity contribution in [3.8, 4) is 28.7 Å². The SMILES string of the molecule is COC[C@@H](C)Oc1ccc(-c2nnc(CN3CCCC3)n2-c2ccc(OC)nc2)cc1. The first-order valence-electron chi connectivity index (χ1n) is 10.6. The maximum absolute atomic E-state index is 5.88. The number of hydrogen-bond acceptors (Lipinski definition) is 7. The molecule has 1 aliphatic heterocycles. The molecular formula is C23H29N5O3. The van der Waals surface area contributed by atoms with Gasteiger partial charge in [0.1, 0.15) is 11.9 Å². The molecule has 1 aromatic carbocycles. The standard InChI is InChI=1S/C23H29N5O3/c1-17(16-29-2)31-20-9-6-18(7-10-20)23-26-25-21(15-27-12-4-5-13-27)28(23)19-8-11-22(30-3)24-14-19/h6-11,14,17H,4-5,12-13,15-16H2,1-3H3/t17-/m1/s1. The van der Waals surface area contributed by atoms with Crippen molar-refractivity contribution in [3.63, 3.8) is 0 Å². The van der Waals surface area contributed by atoms with E-state index in [0.717, 1.165) is 48.3 Å². The Kier molecular flexibility index (Phi) is 6.79. The largest absolute Gasteiger partial charge is 0.488 e. The van der Waals surface area contributed by atoms with Crippen LogP contribution in [-0.4, -0.2) is 64.7 Å². The summed E-state index contributed by atoms with van der Waals surface area (Å²) >= 11 is 0. The third-order valence-corrected chi connectivity index (χ3v) is 5.33. The zero-order valence-electron chi connectivity index (χ0n) is 18.3. The molecule has 1 saturated heterocycles. The fourth-order valence-corrected chi connectivity index (χ4v) is 3.83. The average Bonchev–Trinajstić information content (AvgIpc) is 3.45. The molecule has 0 amide bonds. The summed E-state index contributed by atoms with van der Waals surface area (Å²) < 4.78 is 18.3. The van der Waals surface area contributed by atoms with Gasteiger partial charge in [0.25, 0.3) is 0 Å². The van der Waals surface area contributed by atoms with Crippen LogP contribution >= 0.6 is 0 Å². The van der Waals surface area contributed by atoms with Gasteiger partial charge in [-0.25, -0.2) is 4.98 Å². The summed E-state index contributed by atoms with van der Waals surface area (Å²) in [5.74, 6) is 3.05. The molecule has 0 radical (unpaired) electrons. The predicted molar refractivity (Wildman–Crippen MR) is 118 cm³/mol. The number of methoxy groups -OCH3 is 2. The second kappa shape index (κ2) is 9.89. The third-order valence-electron chi connectivity index (χ3n) is 5.33. The minimum atomic E-state index is -0.0167. The van der Waals surface area contributed by atoms with Crippen LogP contribution in [0.1, 0.15) is 25.6 Å². The molecule has 0 unspecified atom stereocenters. The lowest BCUT2D eigenvalue weighted by atomic mass is 10.2. The number of hydrogen-bond donors (Lipinski definition) is 0. The predicted octanol–water partition coefficient (Wildman–Crippen LogP) is 3.35. The van der Waals surface area contributed by atoms with E-state index in [1.54, 1.807) is 20.4 Å². The van der Waals surface area contributed by atoms with E-state index in [9.17, 15) is 0 Å². The van der Waals surface area contributed by atoms with Crippen LogP contribution in [0, 0.1) is 0 Å². The highest BCUT2D eigenvalue weighted by Gasteiger charge is 2.20. The maximum Gasteiger partial charge on any atom is 0.213 e. The van der Waals surface area contributed by atoms with Crippen LogP contribution < -0.4 is 9.47 Å². The van der Waals surface area contributed by atoms with Crippen LogP contribution in [0.4, 0.5) is 0 Å². The van der Waals surface area contributed by atoms with E-state index < -0.39 is 0 Å². The topological polar surface area (TPSA) is 74.5 Å². The summed E-state index contributed by atoms with van der Waals surface area (Å²) in [5.41, 5.74) is 1.87. The van der Waals surface area contributed by atoms with Gasteiger partial charge in [-0.2, -0.15) is 0 Å². The molecular weight excluding hydrogens is 394 g/mol. The lowest BCUT2D eigenvalue weighted by Crippen LogP contribution is -2.21. The van der Waals surface area contributed by atoms with Crippen molar-refractivity contribution in [2.75, 3.05) is 33.9 Å². The van der Waals surface area contributed by atoms with E-state index in [-0.39, 0.29) is 6.10 Å². The van der Waals surface area contributed by atoms with E-state index in [0.29, 0.717) is 12.5 Å². The molecule has 1 fully saturated rings. The van der Waals surface area contributed by atoms with E-state index in [1.807, 2.05) is 43.3 Å². The summed E-state index contributed by atoms with van der Waals surface area (Å²) in [6.07, 6.45) is 4.24. The number of rotatable bonds is 9. The van der Waals surface area contributed by atoms with E-state index >= 15 is 0 Å². The Labute approximate surface area is 182 Å². The summed E-state index contributed by atoms with van der Waals surface area (Å²) in [4.78, 5) is 6.79. The quantitative estimate of drug-likeness (QED) is 0.522. The molecule has 3 heterocycles. The molecule has 0 spiro atoms. The first-order valence-corrected chi connectivity index (χ1v) is 10.6. The number of pyridine rings is 1. The van der Waals surface area contributed by atoms with Crippen molar-refractivity contribution in [3.05, 3.63) is 48.4 Å². The number of ether oxygens (including phenoxy) is 3. The maximum atomic E-state index is 5.88. The first-order chi connectivity index (χ1) is 15.2. The lowest BCUT2D eigenvalue weighted by molar-refractivity contribution is 0.0921. The molecule has 1 atom stereocenters. The summed E-state index contributed by atoms with van der Waals surface area (Å²) in [6.45, 7) is 5.47. The number of nitrogens with zero attached hydrogens (tertiary/aromatic N) is 5. The molecule has 31 heavy (non-hydrogen) atoms. The van der Waals surface area contributed by atoms with Gasteiger partial charge in [0.2, 0.25) is 5.88 Å². The number of likely N-dealkylation sites (tertiary alicyclic amines) is 1. The number of benzene rings is 1. The molecule has 3 aromatic rings. The summed E-state index contributed by atoms with van der Waals surface area (Å²) in [7, 11) is 3.28. The fraction of sp³-hybridized carbons (Fsp3) is 0.435. The fourth-order valence-electron chi connectivity index (χ4n) is 3.83. The van der Waals surface area contributed by atoms with Gasteiger partial charge in [0, 0.05) is 18.7 Å². The first kappa shape index (κ1) is 21.3. The smallest absolute Gasteiger partial charge is 0.213 e. The Morgan fingerprint density at radius 1 is 1.00 bits per heavy atom. The van der Waals surface area contributed by atoms with Crippen molar-refractivity contribution in [1.29, 1.82) is 0 Å². The lowest BCUT2D eigenvalue weighted by Gasteiger charge is -2.16. The van der Waals surface area contributed by atoms with E-state index in [1.165, 1.54) is 12.8 Å². The molecule has 4 rings (SSSR count). The molecule has 2 aromatic heterocycles. The van der Waals surface area contributed by atoms with Crippen LogP contribution in [0.25, 0.3) is 17.1 Å². The molecule has 0 N–H and O–H groups in total. The molecule has 8 heteroatoms. The van der Waals surface area contributed by atoms with E-state index in [4.69, 9.17) is 14.2 Å². The van der Waals surface area contributed by atoms with Gasteiger partial charge in [-0.05, 0) is 63.2 Å². The van der Waals surface area contributed by atoms with Gasteiger partial charge in [0.15, 0.2) is 11.6 Å². The van der Waals surface area contributed by atoms with Gasteiger partial charge >= 0.3 is 0 Å². The monoisotopic (exact) mass is 423 g/mol. The molecule has 164 valence electrons. The molecule has 0 saturated carbocycles. The Morgan fingerprint density at radius 2 is 1.77 bits per heavy atom. The zero-order valence-corrected chi connectivity index (χ0v) is 18.3. The average molecular weight is 424 g/mol. The van der Waals surface area contributed by atoms with Crippen molar-refractivity contribution in [2.24, 2.45) is 0 Å². The van der Waals surface area contributed by atoms with Gasteiger partial charge in [0.05, 0.1) is 32.1 Å². The molecule has 8 nitrogen and oxygen atoms in total. The highest BCUT2D eigenvalue weighted by atomic mass is 16.5. The second-order valence-corrected chi connectivity index (χ2v) is 7.73. The minimum Gasteiger partial charge on any atom is -0.488 e. The summed E-state index contributed by atoms with van der Waals surface area (Å²) in [5, 5.41) is 9.07. The van der Waals surface area contributed by atoms with E-state index in [2.05, 4.69) is 24.6 Å². The highest BCUT2D eigenvalue weighted by Crippen LogP contribution is 2.27. The van der Waals surface area contributed by atoms with Crippen molar-refractivity contribution >= 4 is 0 Å². The second-order valence-electron chi connectivity index (χ2n) is 7.73. The van der Waals surface area contributed by atoms with Crippen LogP contribution in [-0.2, 0) is 11.3 Å². The zero-order chi connectivity index (χ0) is 21.6. The van der Waals surface area contributed by atoms with Gasteiger partial charge in [-0.3, -0.25) is 9.47 Å². The van der Waals surface area contributed by atoms with Crippen molar-refractivity contribution in [1.82, 2.24) is 24.6 Å². The Morgan fingerprint density at radius 3 is 2.42 bits per heavy atom. The van der Waals surface area contributed by atoms with Gasteiger partial charge in [-0.15, -0.1) is 10.2 Å². The van der Waals surface area contributed by atoms with Gasteiger partial charge < -0.3 is 14.2 Å². The summed E-state index contributed by atoms with van der Waals surface area (Å²) in [6, 6.07) is 11.8.